The Labute approximate surface area is 86.4 Å². The predicted octanol–water partition coefficient (Wildman–Crippen LogP) is 1.73. The summed E-state index contributed by atoms with van der Waals surface area (Å²) in [5.74, 6) is -0.208. The highest BCUT2D eigenvalue weighted by Crippen LogP contribution is 2.19. The zero-order valence-corrected chi connectivity index (χ0v) is 9.61. The lowest BCUT2D eigenvalue weighted by Gasteiger charge is -2.25. The molecule has 0 fully saturated rings. The van der Waals surface area contributed by atoms with E-state index in [1.165, 1.54) is 0 Å². The zero-order chi connectivity index (χ0) is 9.78. The van der Waals surface area contributed by atoms with E-state index in [0.717, 1.165) is 0 Å². The van der Waals surface area contributed by atoms with Crippen molar-refractivity contribution in [2.75, 3.05) is 6.61 Å². The second-order valence-electron chi connectivity index (χ2n) is 3.98. The Morgan fingerprint density at radius 3 is 2.23 bits per heavy atom. The first-order chi connectivity index (χ1) is 5.38. The molecule has 0 aliphatic carbocycles. The largest absolute Gasteiger partial charge is 0.466 e. The number of hydrogen-bond acceptors (Lipinski definition) is 3. The third kappa shape index (κ3) is 6.84. The van der Waals surface area contributed by atoms with Crippen LogP contribution >= 0.6 is 12.4 Å². The highest BCUT2D eigenvalue weighted by atomic mass is 35.5. The van der Waals surface area contributed by atoms with E-state index in [4.69, 9.17) is 10.5 Å². The highest BCUT2D eigenvalue weighted by molar-refractivity contribution is 5.85. The normalized spacial score (nSPS) is 13.0. The van der Waals surface area contributed by atoms with E-state index >= 15 is 0 Å². The molecule has 0 bridgehead atoms. The first kappa shape index (κ1) is 15.2. The van der Waals surface area contributed by atoms with Crippen LogP contribution in [-0.2, 0) is 9.53 Å². The molecule has 0 saturated carbocycles. The molecule has 0 spiro atoms. The minimum Gasteiger partial charge on any atom is -0.466 e. The summed E-state index contributed by atoms with van der Waals surface area (Å²) < 4.78 is 4.79. The van der Waals surface area contributed by atoms with Crippen molar-refractivity contribution in [3.8, 4) is 0 Å². The van der Waals surface area contributed by atoms with E-state index < -0.39 is 0 Å². The second kappa shape index (κ2) is 6.22. The van der Waals surface area contributed by atoms with Gasteiger partial charge in [-0.1, -0.05) is 20.8 Å². The summed E-state index contributed by atoms with van der Waals surface area (Å²) in [5, 5.41) is 0. The van der Waals surface area contributed by atoms with Crippen molar-refractivity contribution in [1.82, 2.24) is 0 Å². The Bertz CT molecular complexity index is 154. The topological polar surface area (TPSA) is 52.3 Å². The molecule has 13 heavy (non-hydrogen) atoms. The number of esters is 1. The van der Waals surface area contributed by atoms with Gasteiger partial charge in [0.1, 0.15) is 0 Å². The van der Waals surface area contributed by atoms with E-state index in [1.54, 1.807) is 6.92 Å². The smallest absolute Gasteiger partial charge is 0.307 e. The van der Waals surface area contributed by atoms with Gasteiger partial charge in [0.15, 0.2) is 0 Å². The minimum atomic E-state index is -0.208. The van der Waals surface area contributed by atoms with Gasteiger partial charge in [-0.15, -0.1) is 12.4 Å². The van der Waals surface area contributed by atoms with Crippen molar-refractivity contribution in [2.45, 2.75) is 40.2 Å². The van der Waals surface area contributed by atoms with Gasteiger partial charge in [0.2, 0.25) is 0 Å². The van der Waals surface area contributed by atoms with Crippen LogP contribution in [0.25, 0.3) is 0 Å². The molecule has 0 heterocycles. The molecule has 0 aliphatic rings. The van der Waals surface area contributed by atoms with Crippen LogP contribution in [0.5, 0.6) is 0 Å². The Morgan fingerprint density at radius 2 is 1.92 bits per heavy atom. The molecular formula is C9H20ClNO2. The monoisotopic (exact) mass is 209 g/mol. The van der Waals surface area contributed by atoms with Gasteiger partial charge < -0.3 is 10.5 Å². The SMILES string of the molecule is CCOC(=O)CC(N)C(C)(C)C.Cl. The molecule has 1 atom stereocenters. The number of ether oxygens (including phenoxy) is 1. The van der Waals surface area contributed by atoms with Crippen LogP contribution in [0.2, 0.25) is 0 Å². The molecule has 1 unspecified atom stereocenters. The quantitative estimate of drug-likeness (QED) is 0.721. The standard InChI is InChI=1S/C9H19NO2.ClH/c1-5-12-8(11)6-7(10)9(2,3)4;/h7H,5-6,10H2,1-4H3;1H. The van der Waals surface area contributed by atoms with Gasteiger partial charge >= 0.3 is 5.97 Å². The summed E-state index contributed by atoms with van der Waals surface area (Å²) in [6.07, 6.45) is 0.303. The molecule has 0 aromatic heterocycles. The Kier molecular flexibility index (Phi) is 7.27. The maximum absolute atomic E-state index is 11.0. The van der Waals surface area contributed by atoms with Crippen molar-refractivity contribution in [2.24, 2.45) is 11.1 Å². The molecule has 0 aromatic carbocycles. The van der Waals surface area contributed by atoms with Gasteiger partial charge in [-0.05, 0) is 12.3 Å². The Morgan fingerprint density at radius 1 is 1.46 bits per heavy atom. The lowest BCUT2D eigenvalue weighted by molar-refractivity contribution is -0.144. The van der Waals surface area contributed by atoms with Crippen molar-refractivity contribution in [1.29, 1.82) is 0 Å². The van der Waals surface area contributed by atoms with Crippen LogP contribution in [-0.4, -0.2) is 18.6 Å². The fraction of sp³-hybridized carbons (Fsp3) is 0.889. The third-order valence-electron chi connectivity index (χ3n) is 1.80. The molecule has 0 aromatic rings. The predicted molar refractivity (Wildman–Crippen MR) is 55.9 cm³/mol. The number of carbonyl (C=O) groups is 1. The Balaban J connectivity index is 0. The molecular weight excluding hydrogens is 190 g/mol. The molecule has 3 nitrogen and oxygen atoms in total. The number of halogens is 1. The molecule has 2 N–H and O–H groups in total. The van der Waals surface area contributed by atoms with E-state index in [-0.39, 0.29) is 29.8 Å². The van der Waals surface area contributed by atoms with Crippen molar-refractivity contribution in [3.63, 3.8) is 0 Å². The first-order valence-corrected chi connectivity index (χ1v) is 4.29. The summed E-state index contributed by atoms with van der Waals surface area (Å²) in [5.41, 5.74) is 5.75. The van der Waals surface area contributed by atoms with Gasteiger partial charge in [-0.25, -0.2) is 0 Å². The molecule has 4 heteroatoms. The van der Waals surface area contributed by atoms with E-state index in [1.807, 2.05) is 20.8 Å². The molecule has 80 valence electrons. The fourth-order valence-electron chi connectivity index (χ4n) is 0.706. The zero-order valence-electron chi connectivity index (χ0n) is 8.79. The lowest BCUT2D eigenvalue weighted by atomic mass is 9.85. The Hall–Kier alpha value is -0.280. The van der Waals surface area contributed by atoms with Crippen molar-refractivity contribution >= 4 is 18.4 Å². The number of nitrogens with two attached hydrogens (primary N) is 1. The first-order valence-electron chi connectivity index (χ1n) is 4.29. The average molecular weight is 210 g/mol. The minimum absolute atomic E-state index is 0. The summed E-state index contributed by atoms with van der Waals surface area (Å²) in [6, 6.07) is -0.128. The van der Waals surface area contributed by atoms with Crippen LogP contribution in [0.4, 0.5) is 0 Å². The van der Waals surface area contributed by atoms with E-state index in [2.05, 4.69) is 0 Å². The fourth-order valence-corrected chi connectivity index (χ4v) is 0.706. The summed E-state index contributed by atoms with van der Waals surface area (Å²) >= 11 is 0. The third-order valence-corrected chi connectivity index (χ3v) is 1.80. The highest BCUT2D eigenvalue weighted by Gasteiger charge is 2.23. The van der Waals surface area contributed by atoms with Crippen molar-refractivity contribution < 1.29 is 9.53 Å². The van der Waals surface area contributed by atoms with Crippen LogP contribution in [0.3, 0.4) is 0 Å². The second-order valence-corrected chi connectivity index (χ2v) is 3.98. The van der Waals surface area contributed by atoms with Gasteiger partial charge in [-0.3, -0.25) is 4.79 Å². The molecule has 0 radical (unpaired) electrons. The van der Waals surface area contributed by atoms with Crippen LogP contribution in [0.15, 0.2) is 0 Å². The molecule has 0 amide bonds. The molecule has 0 saturated heterocycles. The molecule has 0 rings (SSSR count). The van der Waals surface area contributed by atoms with Crippen LogP contribution in [0, 0.1) is 5.41 Å². The van der Waals surface area contributed by atoms with Crippen LogP contribution < -0.4 is 5.73 Å². The maximum Gasteiger partial charge on any atom is 0.307 e. The van der Waals surface area contributed by atoms with Crippen molar-refractivity contribution in [3.05, 3.63) is 0 Å². The maximum atomic E-state index is 11.0. The molecule has 0 aliphatic heterocycles. The average Bonchev–Trinajstić information content (AvgIpc) is 1.85. The summed E-state index contributed by atoms with van der Waals surface area (Å²) in [7, 11) is 0. The van der Waals surface area contributed by atoms with E-state index in [9.17, 15) is 4.79 Å². The summed E-state index contributed by atoms with van der Waals surface area (Å²) in [6.45, 7) is 8.25. The summed E-state index contributed by atoms with van der Waals surface area (Å²) in [4.78, 5) is 11.0. The van der Waals surface area contributed by atoms with Crippen LogP contribution in [0.1, 0.15) is 34.1 Å². The number of hydrogen-bond donors (Lipinski definition) is 1. The number of rotatable bonds is 3. The number of carbonyl (C=O) groups excluding carboxylic acids is 1. The van der Waals surface area contributed by atoms with Gasteiger partial charge in [0.25, 0.3) is 0 Å². The lowest BCUT2D eigenvalue weighted by Crippen LogP contribution is -2.37. The van der Waals surface area contributed by atoms with Gasteiger partial charge in [0, 0.05) is 6.04 Å². The van der Waals surface area contributed by atoms with Gasteiger partial charge in [-0.2, -0.15) is 0 Å². The van der Waals surface area contributed by atoms with E-state index in [0.29, 0.717) is 13.0 Å². The van der Waals surface area contributed by atoms with Gasteiger partial charge in [0.05, 0.1) is 13.0 Å².